The number of hydrogen-bond donors (Lipinski definition) is 3. The van der Waals surface area contributed by atoms with Crippen LogP contribution < -0.4 is 4.74 Å². The number of ether oxygens (including phenoxy) is 1. The van der Waals surface area contributed by atoms with Crippen molar-refractivity contribution in [1.82, 2.24) is 4.73 Å². The maximum atomic E-state index is 11.3. The fourth-order valence-corrected chi connectivity index (χ4v) is 2.56. The molecule has 0 radical (unpaired) electrons. The van der Waals surface area contributed by atoms with Gasteiger partial charge in [0.25, 0.3) is 0 Å². The van der Waals surface area contributed by atoms with Gasteiger partial charge in [-0.15, -0.1) is 0 Å². The highest BCUT2D eigenvalue weighted by atomic mass is 16.5. The maximum absolute atomic E-state index is 11.3. The molecule has 3 N–H and O–H groups in total. The summed E-state index contributed by atoms with van der Waals surface area (Å²) in [6.45, 7) is 0. The quantitative estimate of drug-likeness (QED) is 0.636. The lowest BCUT2D eigenvalue weighted by molar-refractivity contribution is 0.0651. The molecule has 122 valence electrons. The van der Waals surface area contributed by atoms with E-state index < -0.39 is 11.9 Å². The van der Waals surface area contributed by atoms with Crippen LogP contribution in [0.4, 0.5) is 0 Å². The van der Waals surface area contributed by atoms with Crippen molar-refractivity contribution in [3.63, 3.8) is 0 Å². The van der Waals surface area contributed by atoms with Crippen LogP contribution in [0.2, 0.25) is 0 Å². The van der Waals surface area contributed by atoms with Gasteiger partial charge in [-0.05, 0) is 42.5 Å². The molecule has 7 heteroatoms. The molecular weight excluding hydrogens is 314 g/mol. The van der Waals surface area contributed by atoms with Crippen LogP contribution in [0.5, 0.6) is 5.75 Å². The van der Waals surface area contributed by atoms with Gasteiger partial charge in [0, 0.05) is 10.9 Å². The predicted molar refractivity (Wildman–Crippen MR) is 85.0 cm³/mol. The average molecular weight is 327 g/mol. The number of hydrogen-bond acceptors (Lipinski definition) is 4. The minimum absolute atomic E-state index is 0.211. The highest BCUT2D eigenvalue weighted by molar-refractivity contribution is 6.06. The Hall–Kier alpha value is -3.48. The van der Waals surface area contributed by atoms with Gasteiger partial charge in [0.15, 0.2) is 0 Å². The van der Waals surface area contributed by atoms with Crippen molar-refractivity contribution >= 4 is 22.8 Å². The molecule has 0 saturated heterocycles. The zero-order valence-electron chi connectivity index (χ0n) is 12.6. The Balaban J connectivity index is 2.22. The number of methoxy groups -OCH3 is 1. The Kier molecular flexibility index (Phi) is 3.61. The van der Waals surface area contributed by atoms with Gasteiger partial charge in [-0.25, -0.2) is 9.59 Å². The zero-order chi connectivity index (χ0) is 17.4. The summed E-state index contributed by atoms with van der Waals surface area (Å²) in [5, 5.41) is 29.1. The SMILES string of the molecule is COc1ccc(-c2cc3cc(C(=O)O)c(C(=O)O)cc3n2O)cc1. The lowest BCUT2D eigenvalue weighted by Crippen LogP contribution is -2.08. The Labute approximate surface area is 135 Å². The summed E-state index contributed by atoms with van der Waals surface area (Å²) >= 11 is 0. The minimum atomic E-state index is -1.37. The third-order valence-electron chi connectivity index (χ3n) is 3.76. The maximum Gasteiger partial charge on any atom is 0.336 e. The summed E-state index contributed by atoms with van der Waals surface area (Å²) in [5.41, 5.74) is 0.574. The van der Waals surface area contributed by atoms with Crippen LogP contribution >= 0.6 is 0 Å². The van der Waals surface area contributed by atoms with Crippen LogP contribution in [0.15, 0.2) is 42.5 Å². The molecule has 0 aliphatic heterocycles. The van der Waals surface area contributed by atoms with Gasteiger partial charge in [0.05, 0.1) is 29.4 Å². The van der Waals surface area contributed by atoms with E-state index in [1.165, 1.54) is 6.07 Å². The molecule has 24 heavy (non-hydrogen) atoms. The first-order chi connectivity index (χ1) is 11.4. The second kappa shape index (κ2) is 5.62. The number of nitrogens with zero attached hydrogens (tertiary/aromatic N) is 1. The van der Waals surface area contributed by atoms with Crippen LogP contribution in [0.1, 0.15) is 20.7 Å². The molecule has 1 aromatic heterocycles. The van der Waals surface area contributed by atoms with Gasteiger partial charge in [0.1, 0.15) is 5.75 Å². The molecular formula is C17H13NO6. The third-order valence-corrected chi connectivity index (χ3v) is 3.76. The number of carboxylic acids is 2. The van der Waals surface area contributed by atoms with Crippen LogP contribution in [0, 0.1) is 0 Å². The second-order valence-corrected chi connectivity index (χ2v) is 5.14. The fourth-order valence-electron chi connectivity index (χ4n) is 2.56. The first-order valence-corrected chi connectivity index (χ1v) is 6.92. The first-order valence-electron chi connectivity index (χ1n) is 6.92. The van der Waals surface area contributed by atoms with Gasteiger partial charge in [-0.2, -0.15) is 4.73 Å². The van der Waals surface area contributed by atoms with Crippen molar-refractivity contribution in [3.05, 3.63) is 53.6 Å². The largest absolute Gasteiger partial charge is 0.497 e. The topological polar surface area (TPSA) is 109 Å². The third kappa shape index (κ3) is 2.41. The van der Waals surface area contributed by atoms with Crippen LogP contribution in [0.25, 0.3) is 22.2 Å². The van der Waals surface area contributed by atoms with Gasteiger partial charge in [-0.3, -0.25) is 0 Å². The van der Waals surface area contributed by atoms with Crippen LogP contribution in [0.3, 0.4) is 0 Å². The molecule has 0 bridgehead atoms. The molecule has 0 spiro atoms. The summed E-state index contributed by atoms with van der Waals surface area (Å²) in [7, 11) is 1.54. The molecule has 0 aliphatic carbocycles. The average Bonchev–Trinajstić information content (AvgIpc) is 2.90. The standard InChI is InChI=1S/C17H13NO6/c1-24-11-4-2-9(3-5-11)14-7-10-6-12(16(19)20)13(17(21)22)8-15(10)18(14)23/h2-8,23H,1H3,(H,19,20)(H,21,22). The van der Waals surface area contributed by atoms with Crippen molar-refractivity contribution in [2.24, 2.45) is 0 Å². The smallest absolute Gasteiger partial charge is 0.336 e. The lowest BCUT2D eigenvalue weighted by Gasteiger charge is -2.05. The Morgan fingerprint density at radius 3 is 2.08 bits per heavy atom. The molecule has 1 heterocycles. The number of carboxylic acid groups (broad SMARTS) is 2. The van der Waals surface area contributed by atoms with Crippen LogP contribution in [-0.4, -0.2) is 39.2 Å². The highest BCUT2D eigenvalue weighted by Crippen LogP contribution is 2.30. The van der Waals surface area contributed by atoms with Gasteiger partial charge >= 0.3 is 11.9 Å². The van der Waals surface area contributed by atoms with E-state index in [4.69, 9.17) is 4.74 Å². The summed E-state index contributed by atoms with van der Waals surface area (Å²) in [5.74, 6) is -2.06. The van der Waals surface area contributed by atoms with Crippen LogP contribution in [-0.2, 0) is 0 Å². The van der Waals surface area contributed by atoms with E-state index in [0.717, 1.165) is 10.8 Å². The fraction of sp³-hybridized carbons (Fsp3) is 0.0588. The molecule has 0 amide bonds. The number of aromatic nitrogens is 1. The number of carbonyl (C=O) groups is 2. The first kappa shape index (κ1) is 15.4. The lowest BCUT2D eigenvalue weighted by atomic mass is 10.0. The second-order valence-electron chi connectivity index (χ2n) is 5.14. The highest BCUT2D eigenvalue weighted by Gasteiger charge is 2.20. The van der Waals surface area contributed by atoms with E-state index in [9.17, 15) is 25.0 Å². The molecule has 0 unspecified atom stereocenters. The molecule has 0 fully saturated rings. The van der Waals surface area contributed by atoms with E-state index in [1.807, 2.05) is 0 Å². The molecule has 2 aromatic carbocycles. The van der Waals surface area contributed by atoms with E-state index in [1.54, 1.807) is 37.4 Å². The number of rotatable bonds is 4. The van der Waals surface area contributed by atoms with Crippen molar-refractivity contribution in [2.75, 3.05) is 7.11 Å². The van der Waals surface area contributed by atoms with Crippen molar-refractivity contribution in [2.45, 2.75) is 0 Å². The molecule has 0 saturated carbocycles. The summed E-state index contributed by atoms with van der Waals surface area (Å²) in [6.07, 6.45) is 0. The Morgan fingerprint density at radius 1 is 0.958 bits per heavy atom. The molecule has 0 atom stereocenters. The Bertz CT molecular complexity index is 955. The molecule has 3 rings (SSSR count). The molecule has 7 nitrogen and oxygen atoms in total. The zero-order valence-corrected chi connectivity index (χ0v) is 12.6. The minimum Gasteiger partial charge on any atom is -0.497 e. The number of fused-ring (bicyclic) bond motifs is 1. The normalized spacial score (nSPS) is 10.7. The summed E-state index contributed by atoms with van der Waals surface area (Å²) in [6, 6.07) is 10.9. The number of aromatic carboxylic acids is 2. The molecule has 3 aromatic rings. The van der Waals surface area contributed by atoms with Crippen molar-refractivity contribution in [3.8, 4) is 17.0 Å². The summed E-state index contributed by atoms with van der Waals surface area (Å²) < 4.78 is 5.92. The van der Waals surface area contributed by atoms with E-state index in [-0.39, 0.29) is 16.6 Å². The number of benzene rings is 2. The van der Waals surface area contributed by atoms with Crippen molar-refractivity contribution < 1.29 is 29.7 Å². The van der Waals surface area contributed by atoms with Gasteiger partial charge < -0.3 is 20.2 Å². The van der Waals surface area contributed by atoms with Gasteiger partial charge in [0.2, 0.25) is 0 Å². The molecule has 0 aliphatic rings. The van der Waals surface area contributed by atoms with E-state index in [0.29, 0.717) is 22.4 Å². The van der Waals surface area contributed by atoms with Gasteiger partial charge in [-0.1, -0.05) is 0 Å². The van der Waals surface area contributed by atoms with Crippen molar-refractivity contribution in [1.29, 1.82) is 0 Å². The monoisotopic (exact) mass is 327 g/mol. The van der Waals surface area contributed by atoms with E-state index in [2.05, 4.69) is 0 Å². The summed E-state index contributed by atoms with van der Waals surface area (Å²) in [4.78, 5) is 22.5. The predicted octanol–water partition coefficient (Wildman–Crippen LogP) is 2.95. The van der Waals surface area contributed by atoms with E-state index >= 15 is 0 Å². The Morgan fingerprint density at radius 2 is 1.54 bits per heavy atom.